The van der Waals surface area contributed by atoms with E-state index in [4.69, 9.17) is 16.3 Å². The minimum atomic E-state index is -3.14. The van der Waals surface area contributed by atoms with E-state index in [2.05, 4.69) is 30.5 Å². The number of nitrogens with one attached hydrogen (secondary N) is 1. The number of pyridine rings is 1. The highest BCUT2D eigenvalue weighted by atomic mass is 35.5. The molecule has 4 aromatic heterocycles. The molecule has 160 valence electrons. The van der Waals surface area contributed by atoms with Crippen molar-refractivity contribution in [3.05, 3.63) is 41.1 Å². The zero-order valence-corrected chi connectivity index (χ0v) is 17.4. The number of aryl methyl sites for hydroxylation is 1. The number of anilines is 2. The van der Waals surface area contributed by atoms with E-state index in [1.807, 2.05) is 0 Å². The summed E-state index contributed by atoms with van der Waals surface area (Å²) in [5.74, 6) is -2.60. The van der Waals surface area contributed by atoms with Crippen LogP contribution < -0.4 is 10.1 Å². The average molecular weight is 447 g/mol. The Bertz CT molecular complexity index is 1300. The number of aromatic nitrogens is 7. The summed E-state index contributed by atoms with van der Waals surface area (Å²) in [6.07, 6.45) is 3.53. The predicted molar refractivity (Wildman–Crippen MR) is 109 cm³/mol. The van der Waals surface area contributed by atoms with Crippen LogP contribution in [0.15, 0.2) is 24.5 Å². The normalized spacial score (nSPS) is 14.1. The van der Waals surface area contributed by atoms with Crippen LogP contribution in [0.25, 0.3) is 16.7 Å². The van der Waals surface area contributed by atoms with E-state index >= 15 is 0 Å². The number of fused-ring (bicyclic) bond motifs is 2. The highest BCUT2D eigenvalue weighted by Gasteiger charge is 2.32. The van der Waals surface area contributed by atoms with Gasteiger partial charge in [-0.3, -0.25) is 4.98 Å². The molecule has 5 heterocycles. The van der Waals surface area contributed by atoms with Gasteiger partial charge in [-0.05, 0) is 19.1 Å². The lowest BCUT2D eigenvalue weighted by atomic mass is 10.2. The second kappa shape index (κ2) is 7.12. The first kappa shape index (κ1) is 19.6. The highest BCUT2D eigenvalue weighted by molar-refractivity contribution is 6.34. The van der Waals surface area contributed by atoms with Crippen molar-refractivity contribution in [3.8, 4) is 11.6 Å². The second-order valence-corrected chi connectivity index (χ2v) is 7.57. The largest absolute Gasteiger partial charge is 0.475 e. The molecule has 0 atom stereocenters. The van der Waals surface area contributed by atoms with E-state index in [1.165, 1.54) is 10.9 Å². The fourth-order valence-electron chi connectivity index (χ4n) is 3.50. The van der Waals surface area contributed by atoms with Crippen molar-refractivity contribution in [2.24, 2.45) is 0 Å². The molecule has 1 aliphatic heterocycles. The molecule has 0 aliphatic carbocycles. The maximum Gasteiger partial charge on any atom is 0.289 e. The Morgan fingerprint density at radius 2 is 2.10 bits per heavy atom. The number of ether oxygens (including phenoxy) is 1. The zero-order chi connectivity index (χ0) is 21.8. The van der Waals surface area contributed by atoms with Crippen LogP contribution in [0.4, 0.5) is 20.4 Å². The summed E-state index contributed by atoms with van der Waals surface area (Å²) in [6.45, 7) is 3.41. The maximum atomic E-state index is 14.2. The first-order valence-electron chi connectivity index (χ1n) is 9.55. The fourth-order valence-corrected chi connectivity index (χ4v) is 3.72. The Morgan fingerprint density at radius 1 is 1.26 bits per heavy atom. The molecule has 31 heavy (non-hydrogen) atoms. The number of hydrogen-bond acceptors (Lipinski definition) is 7. The minimum absolute atomic E-state index is 0.165. The van der Waals surface area contributed by atoms with Crippen LogP contribution in [0.1, 0.15) is 24.7 Å². The molecule has 9 nitrogen and oxygen atoms in total. The van der Waals surface area contributed by atoms with E-state index < -0.39 is 5.92 Å². The van der Waals surface area contributed by atoms with Gasteiger partial charge < -0.3 is 10.1 Å². The molecule has 2 bridgehead atoms. The summed E-state index contributed by atoms with van der Waals surface area (Å²) >= 11 is 6.19. The second-order valence-electron chi connectivity index (χ2n) is 7.21. The third-order valence-corrected chi connectivity index (χ3v) is 5.23. The topological polar surface area (TPSA) is 95.6 Å². The number of alkyl halides is 2. The Labute approximate surface area is 180 Å². The van der Waals surface area contributed by atoms with Crippen LogP contribution in [0.5, 0.6) is 5.88 Å². The summed E-state index contributed by atoms with van der Waals surface area (Å²) in [7, 11) is 0. The zero-order valence-electron chi connectivity index (χ0n) is 16.6. The third kappa shape index (κ3) is 3.34. The molecule has 0 spiro atoms. The molecule has 0 amide bonds. The Morgan fingerprint density at radius 3 is 2.90 bits per heavy atom. The molecule has 0 saturated heterocycles. The minimum Gasteiger partial charge on any atom is -0.475 e. The predicted octanol–water partition coefficient (Wildman–Crippen LogP) is 4.01. The van der Waals surface area contributed by atoms with Gasteiger partial charge in [0.1, 0.15) is 11.4 Å². The lowest BCUT2D eigenvalue weighted by molar-refractivity contribution is 0.0126. The van der Waals surface area contributed by atoms with Crippen molar-refractivity contribution >= 4 is 34.3 Å². The number of halogens is 3. The van der Waals surface area contributed by atoms with Crippen molar-refractivity contribution in [1.29, 1.82) is 0 Å². The standard InChI is InChI=1S/C19H17ClF2N8O/c1-10-13-17(28-30(10)12-5-3-6-23-14(12)19(2,21)22)31-8-4-7-29-16-11(15(20)27-29)9-24-18(25-13)26-16/h3,5-6,9H,4,7-8H2,1-2H3,(H,24,25,26). The molecule has 1 N–H and O–H groups in total. The summed E-state index contributed by atoms with van der Waals surface area (Å²) in [5, 5.41) is 12.8. The van der Waals surface area contributed by atoms with Crippen LogP contribution >= 0.6 is 11.6 Å². The van der Waals surface area contributed by atoms with Crippen LogP contribution in [-0.4, -0.2) is 41.1 Å². The molecule has 0 aromatic carbocycles. The monoisotopic (exact) mass is 446 g/mol. The lowest BCUT2D eigenvalue weighted by Gasteiger charge is -2.15. The molecule has 0 radical (unpaired) electrons. The quantitative estimate of drug-likeness (QED) is 0.497. The van der Waals surface area contributed by atoms with Gasteiger partial charge in [0.05, 0.1) is 23.4 Å². The van der Waals surface area contributed by atoms with Crippen LogP contribution in [0.2, 0.25) is 5.15 Å². The SMILES string of the molecule is Cc1c2c(nn1-c1cccnc1C(C)(F)F)OCCCn1nc(Cl)c3cnc(nc31)N2. The molecule has 12 heteroatoms. The number of nitrogens with zero attached hydrogens (tertiary/aromatic N) is 7. The molecule has 5 rings (SSSR count). The van der Waals surface area contributed by atoms with Gasteiger partial charge >= 0.3 is 0 Å². The lowest BCUT2D eigenvalue weighted by Crippen LogP contribution is -2.15. The average Bonchev–Trinajstić information content (AvgIpc) is 3.21. The summed E-state index contributed by atoms with van der Waals surface area (Å²) < 4.78 is 37.3. The van der Waals surface area contributed by atoms with Gasteiger partial charge in [-0.25, -0.2) is 14.3 Å². The molecular formula is C19H17ClF2N8O. The molecule has 0 unspecified atom stereocenters. The van der Waals surface area contributed by atoms with Gasteiger partial charge in [-0.1, -0.05) is 11.6 Å². The van der Waals surface area contributed by atoms with Crippen molar-refractivity contribution < 1.29 is 13.5 Å². The van der Waals surface area contributed by atoms with E-state index in [1.54, 1.807) is 29.9 Å². The summed E-state index contributed by atoms with van der Waals surface area (Å²) in [5.41, 5.74) is 1.40. The first-order valence-corrected chi connectivity index (χ1v) is 9.93. The van der Waals surface area contributed by atoms with E-state index in [-0.39, 0.29) is 23.2 Å². The molecular weight excluding hydrogens is 430 g/mol. The van der Waals surface area contributed by atoms with E-state index in [9.17, 15) is 8.78 Å². The van der Waals surface area contributed by atoms with Crippen LogP contribution in [0, 0.1) is 6.92 Å². The molecule has 0 saturated carbocycles. The van der Waals surface area contributed by atoms with E-state index in [0.29, 0.717) is 47.1 Å². The van der Waals surface area contributed by atoms with Gasteiger partial charge in [-0.15, -0.1) is 5.10 Å². The van der Waals surface area contributed by atoms with Crippen molar-refractivity contribution in [3.63, 3.8) is 0 Å². The van der Waals surface area contributed by atoms with Gasteiger partial charge in [-0.2, -0.15) is 18.9 Å². The Balaban J connectivity index is 1.65. The van der Waals surface area contributed by atoms with Gasteiger partial charge in [0, 0.05) is 32.3 Å². The molecule has 0 fully saturated rings. The maximum absolute atomic E-state index is 14.2. The number of hydrogen-bond donors (Lipinski definition) is 1. The first-order chi connectivity index (χ1) is 14.8. The van der Waals surface area contributed by atoms with Gasteiger partial charge in [0.2, 0.25) is 5.95 Å². The Hall–Kier alpha value is -3.34. The smallest absolute Gasteiger partial charge is 0.289 e. The summed E-state index contributed by atoms with van der Waals surface area (Å²) in [4.78, 5) is 12.7. The van der Waals surface area contributed by atoms with Crippen LogP contribution in [-0.2, 0) is 12.5 Å². The highest BCUT2D eigenvalue weighted by Crippen LogP contribution is 2.36. The third-order valence-electron chi connectivity index (χ3n) is 4.95. The van der Waals surface area contributed by atoms with Crippen molar-refractivity contribution in [2.75, 3.05) is 11.9 Å². The fraction of sp³-hybridized carbons (Fsp3) is 0.316. The van der Waals surface area contributed by atoms with Crippen molar-refractivity contribution in [1.82, 2.24) is 34.5 Å². The van der Waals surface area contributed by atoms with E-state index in [0.717, 1.165) is 6.92 Å². The molecule has 1 aliphatic rings. The van der Waals surface area contributed by atoms with Crippen molar-refractivity contribution in [2.45, 2.75) is 32.7 Å². The Kier molecular flexibility index (Phi) is 4.50. The van der Waals surface area contributed by atoms with Crippen LogP contribution in [0.3, 0.4) is 0 Å². The summed E-state index contributed by atoms with van der Waals surface area (Å²) in [6, 6.07) is 3.12. The van der Waals surface area contributed by atoms with Gasteiger partial charge in [0.15, 0.2) is 10.8 Å². The number of rotatable bonds is 2. The molecule has 4 aromatic rings. The van der Waals surface area contributed by atoms with Gasteiger partial charge in [0.25, 0.3) is 11.8 Å².